The molecular formula is C18H25N3O7. The van der Waals surface area contributed by atoms with Crippen molar-refractivity contribution in [3.05, 3.63) is 29.8 Å². The molecule has 1 atom stereocenters. The lowest BCUT2D eigenvalue weighted by molar-refractivity contribution is -0.137. The summed E-state index contributed by atoms with van der Waals surface area (Å²) in [6.07, 6.45) is -0.719. The van der Waals surface area contributed by atoms with Gasteiger partial charge in [-0.3, -0.25) is 14.4 Å². The summed E-state index contributed by atoms with van der Waals surface area (Å²) < 4.78 is 5.15. The van der Waals surface area contributed by atoms with Crippen molar-refractivity contribution < 1.29 is 34.1 Å². The molecule has 1 aromatic carbocycles. The molecule has 1 rings (SSSR count). The zero-order chi connectivity index (χ0) is 21.3. The predicted octanol–water partition coefficient (Wildman–Crippen LogP) is 0.145. The Balaban J connectivity index is 2.76. The number of benzene rings is 1. The molecule has 28 heavy (non-hydrogen) atoms. The highest BCUT2D eigenvalue weighted by Gasteiger charge is 2.25. The Labute approximate surface area is 162 Å². The highest BCUT2D eigenvalue weighted by molar-refractivity contribution is 5.90. The van der Waals surface area contributed by atoms with E-state index in [0.29, 0.717) is 5.56 Å². The number of alkyl carbamates (subject to hydrolysis) is 1. The van der Waals surface area contributed by atoms with Crippen molar-refractivity contribution in [3.8, 4) is 5.75 Å². The molecule has 0 heterocycles. The van der Waals surface area contributed by atoms with E-state index in [4.69, 9.17) is 9.84 Å². The van der Waals surface area contributed by atoms with E-state index >= 15 is 0 Å². The minimum absolute atomic E-state index is 0.0555. The molecule has 5 N–H and O–H groups in total. The number of carbonyl (C=O) groups is 4. The van der Waals surface area contributed by atoms with Gasteiger partial charge in [0.05, 0.1) is 6.54 Å². The van der Waals surface area contributed by atoms with E-state index in [0.717, 1.165) is 0 Å². The number of nitrogens with one attached hydrogen (secondary N) is 3. The molecule has 1 aromatic rings. The van der Waals surface area contributed by atoms with Gasteiger partial charge in [-0.1, -0.05) is 12.1 Å². The topological polar surface area (TPSA) is 154 Å². The molecule has 0 saturated heterocycles. The molecule has 10 nitrogen and oxygen atoms in total. The molecule has 0 aliphatic heterocycles. The average molecular weight is 395 g/mol. The smallest absolute Gasteiger partial charge is 0.408 e. The van der Waals surface area contributed by atoms with Crippen LogP contribution in [-0.2, 0) is 25.5 Å². The van der Waals surface area contributed by atoms with Gasteiger partial charge in [-0.15, -0.1) is 0 Å². The SMILES string of the molecule is CC(C)(C)OC(=O)NC(Cc1ccc(O)cc1)C(=O)NCC(=O)NCC(=O)O. The first-order valence-corrected chi connectivity index (χ1v) is 8.50. The number of aromatic hydroxyl groups is 1. The lowest BCUT2D eigenvalue weighted by atomic mass is 10.1. The Morgan fingerprint density at radius 1 is 1.04 bits per heavy atom. The summed E-state index contributed by atoms with van der Waals surface area (Å²) in [5, 5.41) is 24.8. The number of carboxylic acid groups (broad SMARTS) is 1. The van der Waals surface area contributed by atoms with Gasteiger partial charge >= 0.3 is 12.1 Å². The van der Waals surface area contributed by atoms with E-state index in [2.05, 4.69) is 16.0 Å². The Bertz CT molecular complexity index is 711. The highest BCUT2D eigenvalue weighted by atomic mass is 16.6. The normalized spacial score (nSPS) is 11.8. The van der Waals surface area contributed by atoms with Gasteiger partial charge < -0.3 is 30.9 Å². The zero-order valence-corrected chi connectivity index (χ0v) is 15.9. The number of ether oxygens (including phenoxy) is 1. The molecule has 0 aliphatic carbocycles. The van der Waals surface area contributed by atoms with E-state index in [-0.39, 0.29) is 12.2 Å². The number of aliphatic carboxylic acids is 1. The lowest BCUT2D eigenvalue weighted by Crippen LogP contribution is -2.51. The Hall–Kier alpha value is -3.30. The fraction of sp³-hybridized carbons (Fsp3) is 0.444. The van der Waals surface area contributed by atoms with Crippen LogP contribution in [0, 0.1) is 0 Å². The van der Waals surface area contributed by atoms with Gasteiger partial charge in [0.2, 0.25) is 11.8 Å². The highest BCUT2D eigenvalue weighted by Crippen LogP contribution is 2.12. The molecule has 154 valence electrons. The number of amides is 3. The molecule has 3 amide bonds. The summed E-state index contributed by atoms with van der Waals surface area (Å²) in [7, 11) is 0. The van der Waals surface area contributed by atoms with Crippen LogP contribution in [0.2, 0.25) is 0 Å². The van der Waals surface area contributed by atoms with Gasteiger partial charge in [0, 0.05) is 6.42 Å². The molecule has 1 unspecified atom stereocenters. The molecule has 0 aromatic heterocycles. The maximum Gasteiger partial charge on any atom is 0.408 e. The summed E-state index contributed by atoms with van der Waals surface area (Å²) in [4.78, 5) is 46.4. The van der Waals surface area contributed by atoms with Gasteiger partial charge in [-0.25, -0.2) is 4.79 Å². The number of hydrogen-bond acceptors (Lipinski definition) is 6. The molecule has 0 radical (unpaired) electrons. The summed E-state index contributed by atoms with van der Waals surface area (Å²) >= 11 is 0. The van der Waals surface area contributed by atoms with Crippen molar-refractivity contribution in [2.75, 3.05) is 13.1 Å². The number of phenols is 1. The van der Waals surface area contributed by atoms with Crippen molar-refractivity contribution in [2.24, 2.45) is 0 Å². The molecule has 0 fully saturated rings. The molecule has 10 heteroatoms. The number of carbonyl (C=O) groups excluding carboxylic acids is 3. The van der Waals surface area contributed by atoms with Crippen LogP contribution < -0.4 is 16.0 Å². The fourth-order valence-electron chi connectivity index (χ4n) is 2.05. The second-order valence-corrected chi connectivity index (χ2v) is 6.96. The van der Waals surface area contributed by atoms with Crippen LogP contribution in [0.1, 0.15) is 26.3 Å². The minimum Gasteiger partial charge on any atom is -0.508 e. The second-order valence-electron chi connectivity index (χ2n) is 6.96. The van der Waals surface area contributed by atoms with Crippen molar-refractivity contribution in [1.82, 2.24) is 16.0 Å². The first kappa shape index (κ1) is 22.7. The van der Waals surface area contributed by atoms with Crippen LogP contribution >= 0.6 is 0 Å². The fourth-order valence-corrected chi connectivity index (χ4v) is 2.05. The third-order valence-electron chi connectivity index (χ3n) is 3.24. The third kappa shape index (κ3) is 9.41. The monoisotopic (exact) mass is 395 g/mol. The van der Waals surface area contributed by atoms with E-state index in [1.807, 2.05) is 0 Å². The van der Waals surface area contributed by atoms with Crippen molar-refractivity contribution in [2.45, 2.75) is 38.8 Å². The average Bonchev–Trinajstić information content (AvgIpc) is 2.57. The van der Waals surface area contributed by atoms with E-state index in [1.165, 1.54) is 12.1 Å². The lowest BCUT2D eigenvalue weighted by Gasteiger charge is -2.23. The number of carboxylic acids is 1. The van der Waals surface area contributed by atoms with Gasteiger partial charge in [0.15, 0.2) is 0 Å². The van der Waals surface area contributed by atoms with Gasteiger partial charge in [0.1, 0.15) is 23.9 Å². The van der Waals surface area contributed by atoms with E-state index in [1.54, 1.807) is 32.9 Å². The largest absolute Gasteiger partial charge is 0.508 e. The van der Waals surface area contributed by atoms with Crippen LogP contribution in [-0.4, -0.2) is 58.8 Å². The summed E-state index contributed by atoms with van der Waals surface area (Å²) in [6.45, 7) is 4.01. The summed E-state index contributed by atoms with van der Waals surface area (Å²) in [5.74, 6) is -2.49. The maximum atomic E-state index is 12.4. The summed E-state index contributed by atoms with van der Waals surface area (Å²) in [6, 6.07) is 5.01. The first-order chi connectivity index (χ1) is 13.0. The standard InChI is InChI=1S/C18H25N3O7/c1-18(2,3)28-17(27)21-13(8-11-4-6-12(22)7-5-11)16(26)20-9-14(23)19-10-15(24)25/h4-7,13,22H,8-10H2,1-3H3,(H,19,23)(H,20,26)(H,21,27)(H,24,25). The van der Waals surface area contributed by atoms with Crippen LogP contribution in [0.25, 0.3) is 0 Å². The first-order valence-electron chi connectivity index (χ1n) is 8.50. The number of hydrogen-bond donors (Lipinski definition) is 5. The van der Waals surface area contributed by atoms with E-state index < -0.39 is 48.6 Å². The molecule has 0 saturated carbocycles. The predicted molar refractivity (Wildman–Crippen MR) is 98.6 cm³/mol. The third-order valence-corrected chi connectivity index (χ3v) is 3.24. The van der Waals surface area contributed by atoms with E-state index in [9.17, 15) is 24.3 Å². The van der Waals surface area contributed by atoms with Crippen molar-refractivity contribution in [1.29, 1.82) is 0 Å². The van der Waals surface area contributed by atoms with Crippen LogP contribution in [0.4, 0.5) is 4.79 Å². The quantitative estimate of drug-likeness (QED) is 0.419. The molecule has 0 bridgehead atoms. The molecule has 0 aliphatic rings. The Kier molecular flexibility index (Phi) is 8.24. The minimum atomic E-state index is -1.21. The van der Waals surface area contributed by atoms with Gasteiger partial charge in [-0.2, -0.15) is 0 Å². The van der Waals surface area contributed by atoms with Crippen LogP contribution in [0.3, 0.4) is 0 Å². The van der Waals surface area contributed by atoms with Gasteiger partial charge in [-0.05, 0) is 38.5 Å². The molecule has 0 spiro atoms. The Morgan fingerprint density at radius 2 is 1.64 bits per heavy atom. The number of rotatable bonds is 8. The van der Waals surface area contributed by atoms with Crippen molar-refractivity contribution >= 4 is 23.9 Å². The maximum absolute atomic E-state index is 12.4. The van der Waals surface area contributed by atoms with Crippen molar-refractivity contribution in [3.63, 3.8) is 0 Å². The Morgan fingerprint density at radius 3 is 2.18 bits per heavy atom. The summed E-state index contributed by atoms with van der Waals surface area (Å²) in [5.41, 5.74) is -0.107. The second kappa shape index (κ2) is 10.1. The number of phenolic OH excluding ortho intramolecular Hbond substituents is 1. The van der Waals surface area contributed by atoms with Gasteiger partial charge in [0.25, 0.3) is 0 Å². The van der Waals surface area contributed by atoms with Crippen LogP contribution in [0.5, 0.6) is 5.75 Å². The molecular weight excluding hydrogens is 370 g/mol. The zero-order valence-electron chi connectivity index (χ0n) is 15.9. The van der Waals surface area contributed by atoms with Crippen LogP contribution in [0.15, 0.2) is 24.3 Å².